The number of aromatic amines is 1. The summed E-state index contributed by atoms with van der Waals surface area (Å²) in [6.45, 7) is 0.536. The number of hydrogen-bond donors (Lipinski definition) is 5. The van der Waals surface area contributed by atoms with E-state index in [1.165, 1.54) is 12.3 Å². The molecule has 1 aliphatic rings. The standard InChI is InChI=1S/C16H17BrF3N7/c17-13-7-26-16(22,10-3-9(15(18,19)20)4-11(21)5-10)27-14(13)24-2-1-12-6-23-8-25-12/h3-8,24,27H,1-2,21-22H2,(H,23,25). The van der Waals surface area contributed by atoms with Crippen molar-refractivity contribution in [1.29, 1.82) is 0 Å². The highest BCUT2D eigenvalue weighted by molar-refractivity contribution is 9.12. The minimum Gasteiger partial charge on any atom is -0.399 e. The molecule has 0 fully saturated rings. The number of benzene rings is 1. The normalized spacial score (nSPS) is 19.9. The van der Waals surface area contributed by atoms with E-state index in [-0.39, 0.29) is 11.3 Å². The third-order valence-electron chi connectivity index (χ3n) is 3.91. The van der Waals surface area contributed by atoms with Gasteiger partial charge in [0.1, 0.15) is 5.82 Å². The van der Waals surface area contributed by atoms with Gasteiger partial charge in [0.15, 0.2) is 0 Å². The largest absolute Gasteiger partial charge is 0.416 e. The molecular weight excluding hydrogens is 427 g/mol. The first-order valence-electron chi connectivity index (χ1n) is 7.89. The Morgan fingerprint density at radius 2 is 2.04 bits per heavy atom. The van der Waals surface area contributed by atoms with E-state index in [0.29, 0.717) is 23.3 Å². The lowest BCUT2D eigenvalue weighted by Crippen LogP contribution is -2.53. The summed E-state index contributed by atoms with van der Waals surface area (Å²) in [6.07, 6.45) is 0.848. The average molecular weight is 444 g/mol. The van der Waals surface area contributed by atoms with Crippen molar-refractivity contribution in [2.75, 3.05) is 12.3 Å². The lowest BCUT2D eigenvalue weighted by atomic mass is 10.0. The van der Waals surface area contributed by atoms with Crippen LogP contribution in [0.25, 0.3) is 0 Å². The van der Waals surface area contributed by atoms with E-state index in [9.17, 15) is 13.2 Å². The summed E-state index contributed by atoms with van der Waals surface area (Å²) in [4.78, 5) is 11.1. The van der Waals surface area contributed by atoms with Gasteiger partial charge in [0.2, 0.25) is 5.79 Å². The Kier molecular flexibility index (Phi) is 5.16. The van der Waals surface area contributed by atoms with Crippen molar-refractivity contribution in [2.45, 2.75) is 18.4 Å². The second kappa shape index (κ2) is 7.24. The van der Waals surface area contributed by atoms with Gasteiger partial charge in [-0.1, -0.05) is 0 Å². The van der Waals surface area contributed by atoms with Gasteiger partial charge in [0, 0.05) is 42.3 Å². The third-order valence-corrected chi connectivity index (χ3v) is 4.51. The number of alkyl halides is 3. The van der Waals surface area contributed by atoms with Gasteiger partial charge < -0.3 is 21.4 Å². The number of nitrogens with two attached hydrogens (primary N) is 2. The smallest absolute Gasteiger partial charge is 0.399 e. The van der Waals surface area contributed by atoms with Gasteiger partial charge in [-0.3, -0.25) is 5.73 Å². The van der Waals surface area contributed by atoms with Crippen molar-refractivity contribution in [1.82, 2.24) is 20.6 Å². The van der Waals surface area contributed by atoms with Gasteiger partial charge in [-0.25, -0.2) is 9.98 Å². The first-order chi connectivity index (χ1) is 12.7. The molecule has 7 N–H and O–H groups in total. The zero-order chi connectivity index (χ0) is 19.7. The zero-order valence-electron chi connectivity index (χ0n) is 13.9. The summed E-state index contributed by atoms with van der Waals surface area (Å²) >= 11 is 3.34. The number of imidazole rings is 1. The van der Waals surface area contributed by atoms with Crippen LogP contribution in [0.1, 0.15) is 16.8 Å². The predicted octanol–water partition coefficient (Wildman–Crippen LogP) is 2.15. The Labute approximate surface area is 161 Å². The number of anilines is 1. The number of hydrogen-bond acceptors (Lipinski definition) is 6. The highest BCUT2D eigenvalue weighted by Gasteiger charge is 2.36. The molecule has 0 amide bonds. The first-order valence-corrected chi connectivity index (χ1v) is 8.68. The van der Waals surface area contributed by atoms with E-state index in [1.807, 2.05) is 0 Å². The maximum absolute atomic E-state index is 13.1. The quantitative estimate of drug-likeness (QED) is 0.453. The van der Waals surface area contributed by atoms with Gasteiger partial charge >= 0.3 is 6.18 Å². The molecular formula is C16H17BrF3N7. The van der Waals surface area contributed by atoms with Gasteiger partial charge in [-0.2, -0.15) is 13.2 Å². The SMILES string of the molecule is Nc1cc(C(F)(F)F)cc(C2(N)N=CC(Br)=C(NCCc3cnc[nH]3)N2)c1. The van der Waals surface area contributed by atoms with Crippen molar-refractivity contribution in [2.24, 2.45) is 10.7 Å². The molecule has 0 spiro atoms. The molecule has 0 aliphatic carbocycles. The Morgan fingerprint density at radius 1 is 1.26 bits per heavy atom. The van der Waals surface area contributed by atoms with Gasteiger partial charge in [-0.05, 0) is 34.1 Å². The summed E-state index contributed by atoms with van der Waals surface area (Å²) in [5.74, 6) is -1.09. The van der Waals surface area contributed by atoms with Crippen LogP contribution < -0.4 is 22.1 Å². The summed E-state index contributed by atoms with van der Waals surface area (Å²) < 4.78 is 39.9. The lowest BCUT2D eigenvalue weighted by molar-refractivity contribution is -0.137. The van der Waals surface area contributed by atoms with Crippen molar-refractivity contribution >= 4 is 27.8 Å². The number of rotatable bonds is 5. The van der Waals surface area contributed by atoms with E-state index >= 15 is 0 Å². The van der Waals surface area contributed by atoms with E-state index in [2.05, 4.69) is 41.5 Å². The maximum Gasteiger partial charge on any atom is 0.416 e. The molecule has 0 radical (unpaired) electrons. The van der Waals surface area contributed by atoms with E-state index in [4.69, 9.17) is 11.5 Å². The summed E-state index contributed by atoms with van der Waals surface area (Å²) in [5.41, 5.74) is 12.0. The van der Waals surface area contributed by atoms with Crippen LogP contribution >= 0.6 is 15.9 Å². The number of H-pyrrole nitrogens is 1. The van der Waals surface area contributed by atoms with Crippen molar-refractivity contribution in [3.63, 3.8) is 0 Å². The van der Waals surface area contributed by atoms with Gasteiger partial charge in [-0.15, -0.1) is 0 Å². The van der Waals surface area contributed by atoms with Crippen LogP contribution in [0.5, 0.6) is 0 Å². The second-order valence-corrected chi connectivity index (χ2v) is 6.82. The van der Waals surface area contributed by atoms with E-state index < -0.39 is 17.5 Å². The van der Waals surface area contributed by atoms with E-state index in [0.717, 1.165) is 17.8 Å². The number of aromatic nitrogens is 2. The fourth-order valence-corrected chi connectivity index (χ4v) is 2.90. The van der Waals surface area contributed by atoms with Gasteiger partial charge in [0.05, 0.1) is 16.4 Å². The number of nitrogen functional groups attached to an aromatic ring is 1. The lowest BCUT2D eigenvalue weighted by Gasteiger charge is -2.33. The van der Waals surface area contributed by atoms with Crippen molar-refractivity contribution in [3.8, 4) is 0 Å². The number of nitrogens with zero attached hydrogens (tertiary/aromatic N) is 2. The number of halogens is 4. The molecule has 1 unspecified atom stereocenters. The summed E-state index contributed by atoms with van der Waals surface area (Å²) in [5, 5.41) is 6.08. The van der Waals surface area contributed by atoms with Gasteiger partial charge in [0.25, 0.3) is 0 Å². The van der Waals surface area contributed by atoms with Crippen LogP contribution in [0, 0.1) is 0 Å². The van der Waals surface area contributed by atoms with E-state index in [1.54, 1.807) is 12.5 Å². The fourth-order valence-electron chi connectivity index (χ4n) is 2.56. The molecule has 3 rings (SSSR count). The molecule has 7 nitrogen and oxygen atoms in total. The van der Waals surface area contributed by atoms with Crippen LogP contribution in [-0.4, -0.2) is 22.7 Å². The fraction of sp³-hybridized carbons (Fsp3) is 0.250. The summed E-state index contributed by atoms with van der Waals surface area (Å²) in [6, 6.07) is 3.15. The molecule has 11 heteroatoms. The van der Waals surface area contributed by atoms with Crippen LogP contribution in [0.15, 0.2) is 46.0 Å². The molecule has 1 aromatic heterocycles. The molecule has 1 atom stereocenters. The number of aliphatic imine (C=N–C) groups is 1. The molecule has 1 aromatic carbocycles. The minimum atomic E-state index is -4.54. The Hall–Kier alpha value is -2.53. The second-order valence-electron chi connectivity index (χ2n) is 5.97. The molecule has 0 saturated carbocycles. The Bertz CT molecular complexity index is 877. The van der Waals surface area contributed by atoms with Crippen LogP contribution in [-0.2, 0) is 18.4 Å². The average Bonchev–Trinajstić information content (AvgIpc) is 3.10. The molecule has 2 heterocycles. The first kappa shape index (κ1) is 19.2. The maximum atomic E-state index is 13.1. The number of nitrogens with one attached hydrogen (secondary N) is 3. The van der Waals surface area contributed by atoms with Crippen molar-refractivity contribution in [3.05, 3.63) is 57.8 Å². The third kappa shape index (κ3) is 4.42. The van der Waals surface area contributed by atoms with Crippen LogP contribution in [0.2, 0.25) is 0 Å². The monoisotopic (exact) mass is 443 g/mol. The predicted molar refractivity (Wildman–Crippen MR) is 99.6 cm³/mol. The highest BCUT2D eigenvalue weighted by atomic mass is 79.9. The topological polar surface area (TPSA) is 117 Å². The minimum absolute atomic E-state index is 0.0518. The van der Waals surface area contributed by atoms with Crippen LogP contribution in [0.4, 0.5) is 18.9 Å². The molecule has 27 heavy (non-hydrogen) atoms. The Balaban J connectivity index is 1.79. The Morgan fingerprint density at radius 3 is 2.70 bits per heavy atom. The van der Waals surface area contributed by atoms with Crippen molar-refractivity contribution < 1.29 is 13.2 Å². The molecule has 0 saturated heterocycles. The molecule has 0 bridgehead atoms. The van der Waals surface area contributed by atoms with Crippen LogP contribution in [0.3, 0.4) is 0 Å². The molecule has 2 aromatic rings. The number of allylic oxidation sites excluding steroid dienone is 1. The molecule has 144 valence electrons. The highest BCUT2D eigenvalue weighted by Crippen LogP contribution is 2.34. The summed E-state index contributed by atoms with van der Waals surface area (Å²) in [7, 11) is 0. The zero-order valence-corrected chi connectivity index (χ0v) is 15.5. The molecule has 1 aliphatic heterocycles.